The number of amides is 4. The summed E-state index contributed by atoms with van der Waals surface area (Å²) in [6.45, 7) is 0.140. The van der Waals surface area contributed by atoms with Crippen molar-refractivity contribution in [1.82, 2.24) is 9.80 Å². The number of hydrogen-bond acceptors (Lipinski definition) is 5. The maximum atomic E-state index is 11.6. The molecule has 0 aliphatic carbocycles. The van der Waals surface area contributed by atoms with E-state index in [1.165, 1.54) is 7.05 Å². The molecule has 2 rings (SSSR count). The van der Waals surface area contributed by atoms with Crippen molar-refractivity contribution in [3.05, 3.63) is 24.3 Å². The van der Waals surface area contributed by atoms with Crippen LogP contribution in [0.4, 0.5) is 10.5 Å². The largest absolute Gasteiger partial charge is 0.492 e. The molecule has 0 atom stereocenters. The lowest BCUT2D eigenvalue weighted by atomic mass is 10.3. The van der Waals surface area contributed by atoms with Crippen LogP contribution in [0.1, 0.15) is 0 Å². The maximum Gasteiger partial charge on any atom is 0.334 e. The van der Waals surface area contributed by atoms with Gasteiger partial charge in [-0.05, 0) is 24.3 Å². The minimum absolute atomic E-state index is 0.0259. The van der Waals surface area contributed by atoms with Crippen LogP contribution in [0, 0.1) is 0 Å². The SMILES string of the molecule is CN1C(=O)C(=O)N(CCOc2ccc(N)cc2)C1=O. The standard InChI is InChI=1S/C12H13N3O4/c1-14-10(16)11(17)15(12(14)18)6-7-19-9-4-2-8(13)3-5-9/h2-5H,6-7,13H2,1H3. The predicted molar refractivity (Wildman–Crippen MR) is 66.2 cm³/mol. The summed E-state index contributed by atoms with van der Waals surface area (Å²) in [5, 5.41) is 0. The van der Waals surface area contributed by atoms with Gasteiger partial charge in [0.1, 0.15) is 12.4 Å². The maximum absolute atomic E-state index is 11.6. The summed E-state index contributed by atoms with van der Waals surface area (Å²) >= 11 is 0. The van der Waals surface area contributed by atoms with Gasteiger partial charge in [0.25, 0.3) is 0 Å². The van der Waals surface area contributed by atoms with Gasteiger partial charge in [-0.3, -0.25) is 19.4 Å². The van der Waals surface area contributed by atoms with Gasteiger partial charge >= 0.3 is 17.8 Å². The van der Waals surface area contributed by atoms with Crippen LogP contribution in [0.2, 0.25) is 0 Å². The van der Waals surface area contributed by atoms with E-state index in [0.29, 0.717) is 11.4 Å². The van der Waals surface area contributed by atoms with E-state index < -0.39 is 17.8 Å². The summed E-state index contributed by atoms with van der Waals surface area (Å²) in [5.41, 5.74) is 6.14. The quantitative estimate of drug-likeness (QED) is 0.471. The van der Waals surface area contributed by atoms with Crippen LogP contribution < -0.4 is 10.5 Å². The fraction of sp³-hybridized carbons (Fsp3) is 0.250. The summed E-state index contributed by atoms with van der Waals surface area (Å²) in [4.78, 5) is 35.9. The third-order valence-corrected chi connectivity index (χ3v) is 2.71. The van der Waals surface area contributed by atoms with Gasteiger partial charge in [0, 0.05) is 12.7 Å². The van der Waals surface area contributed by atoms with Crippen molar-refractivity contribution in [3.8, 4) is 5.75 Å². The Morgan fingerprint density at radius 3 is 2.26 bits per heavy atom. The molecule has 1 aliphatic heterocycles. The number of anilines is 1. The molecule has 1 aromatic carbocycles. The van der Waals surface area contributed by atoms with Gasteiger partial charge in [0.15, 0.2) is 0 Å². The van der Waals surface area contributed by atoms with E-state index in [2.05, 4.69) is 0 Å². The molecule has 19 heavy (non-hydrogen) atoms. The minimum Gasteiger partial charge on any atom is -0.492 e. The number of ether oxygens (including phenoxy) is 1. The van der Waals surface area contributed by atoms with Crippen LogP contribution in [0.25, 0.3) is 0 Å². The number of carbonyl (C=O) groups is 3. The van der Waals surface area contributed by atoms with Crippen LogP contribution in [0.15, 0.2) is 24.3 Å². The van der Waals surface area contributed by atoms with E-state index in [0.717, 1.165) is 9.80 Å². The van der Waals surface area contributed by atoms with Crippen molar-refractivity contribution in [1.29, 1.82) is 0 Å². The smallest absolute Gasteiger partial charge is 0.334 e. The van der Waals surface area contributed by atoms with Gasteiger partial charge in [-0.15, -0.1) is 0 Å². The lowest BCUT2D eigenvalue weighted by Gasteiger charge is -2.13. The molecule has 7 heteroatoms. The van der Waals surface area contributed by atoms with E-state index in [9.17, 15) is 14.4 Å². The van der Waals surface area contributed by atoms with Crippen LogP contribution >= 0.6 is 0 Å². The van der Waals surface area contributed by atoms with Crippen molar-refractivity contribution in [3.63, 3.8) is 0 Å². The number of nitrogens with zero attached hydrogens (tertiary/aromatic N) is 2. The highest BCUT2D eigenvalue weighted by atomic mass is 16.5. The number of nitrogens with two attached hydrogens (primary N) is 1. The molecular formula is C12H13N3O4. The molecule has 1 fully saturated rings. The molecule has 0 unspecified atom stereocenters. The van der Waals surface area contributed by atoms with Crippen molar-refractivity contribution in [2.75, 3.05) is 25.9 Å². The van der Waals surface area contributed by atoms with Crippen LogP contribution in [0.3, 0.4) is 0 Å². The molecule has 1 aliphatic rings. The number of nitrogen functional groups attached to an aromatic ring is 1. The zero-order valence-corrected chi connectivity index (χ0v) is 10.3. The average Bonchev–Trinajstić information content (AvgIpc) is 2.58. The Labute approximate surface area is 109 Å². The van der Waals surface area contributed by atoms with Gasteiger partial charge in [0.2, 0.25) is 0 Å². The minimum atomic E-state index is -0.826. The van der Waals surface area contributed by atoms with E-state index >= 15 is 0 Å². The number of imide groups is 2. The van der Waals surface area contributed by atoms with Crippen molar-refractivity contribution in [2.45, 2.75) is 0 Å². The fourth-order valence-electron chi connectivity index (χ4n) is 1.63. The summed E-state index contributed by atoms with van der Waals surface area (Å²) in [5.74, 6) is -1.07. The first kappa shape index (κ1) is 12.9. The normalized spacial score (nSPS) is 15.3. The van der Waals surface area contributed by atoms with Crippen molar-refractivity contribution < 1.29 is 19.1 Å². The summed E-state index contributed by atoms with van der Waals surface area (Å²) in [7, 11) is 1.27. The van der Waals surface area contributed by atoms with Gasteiger partial charge in [-0.1, -0.05) is 0 Å². The van der Waals surface area contributed by atoms with Crippen molar-refractivity contribution in [2.24, 2.45) is 0 Å². The zero-order chi connectivity index (χ0) is 14.0. The van der Waals surface area contributed by atoms with Gasteiger partial charge in [0.05, 0.1) is 6.54 Å². The Balaban J connectivity index is 1.89. The Kier molecular flexibility index (Phi) is 3.37. The monoisotopic (exact) mass is 263 g/mol. The first-order chi connectivity index (χ1) is 9.00. The number of carbonyl (C=O) groups excluding carboxylic acids is 3. The molecule has 1 saturated heterocycles. The second-order valence-corrected chi connectivity index (χ2v) is 4.02. The third kappa shape index (κ3) is 2.49. The fourth-order valence-corrected chi connectivity index (χ4v) is 1.63. The Bertz CT molecular complexity index is 526. The molecular weight excluding hydrogens is 250 g/mol. The number of benzene rings is 1. The van der Waals surface area contributed by atoms with Crippen LogP contribution in [-0.4, -0.2) is 47.8 Å². The molecule has 100 valence electrons. The number of likely N-dealkylation sites (N-methyl/N-ethyl adjacent to an activating group) is 1. The zero-order valence-electron chi connectivity index (χ0n) is 10.3. The lowest BCUT2D eigenvalue weighted by molar-refractivity contribution is -0.142. The third-order valence-electron chi connectivity index (χ3n) is 2.71. The second-order valence-electron chi connectivity index (χ2n) is 4.02. The second kappa shape index (κ2) is 4.97. The highest BCUT2D eigenvalue weighted by molar-refractivity contribution is 6.44. The number of rotatable bonds is 4. The highest BCUT2D eigenvalue weighted by Crippen LogP contribution is 2.14. The molecule has 7 nitrogen and oxygen atoms in total. The molecule has 1 heterocycles. The first-order valence-corrected chi connectivity index (χ1v) is 5.62. The molecule has 0 bridgehead atoms. The van der Waals surface area contributed by atoms with Crippen LogP contribution in [0.5, 0.6) is 5.75 Å². The molecule has 4 amide bonds. The van der Waals surface area contributed by atoms with E-state index in [1.807, 2.05) is 0 Å². The van der Waals surface area contributed by atoms with Crippen molar-refractivity contribution >= 4 is 23.5 Å². The molecule has 1 aromatic rings. The van der Waals surface area contributed by atoms with E-state index in [1.54, 1.807) is 24.3 Å². The van der Waals surface area contributed by atoms with Crippen LogP contribution in [-0.2, 0) is 9.59 Å². The summed E-state index contributed by atoms with van der Waals surface area (Å²) in [6.07, 6.45) is 0. The highest BCUT2D eigenvalue weighted by Gasteiger charge is 2.41. The van der Waals surface area contributed by atoms with Gasteiger partial charge in [-0.25, -0.2) is 4.79 Å². The topological polar surface area (TPSA) is 92.9 Å². The molecule has 2 N–H and O–H groups in total. The predicted octanol–water partition coefficient (Wildman–Crippen LogP) is 0.0682. The first-order valence-electron chi connectivity index (χ1n) is 5.62. The Hall–Kier alpha value is -2.57. The number of urea groups is 1. The van der Waals surface area contributed by atoms with Gasteiger partial charge in [-0.2, -0.15) is 0 Å². The summed E-state index contributed by atoms with van der Waals surface area (Å²) < 4.78 is 5.36. The molecule has 0 saturated carbocycles. The van der Waals surface area contributed by atoms with E-state index in [4.69, 9.17) is 10.5 Å². The number of hydrogen-bond donors (Lipinski definition) is 1. The van der Waals surface area contributed by atoms with E-state index in [-0.39, 0.29) is 13.2 Å². The summed E-state index contributed by atoms with van der Waals surface area (Å²) in [6, 6.07) is 6.09. The molecule has 0 spiro atoms. The molecule has 0 radical (unpaired) electrons. The lowest BCUT2D eigenvalue weighted by Crippen LogP contribution is -2.35. The Morgan fingerprint density at radius 1 is 1.11 bits per heavy atom. The average molecular weight is 263 g/mol. The molecule has 0 aromatic heterocycles. The van der Waals surface area contributed by atoms with Gasteiger partial charge < -0.3 is 10.5 Å². The Morgan fingerprint density at radius 2 is 1.74 bits per heavy atom.